The Kier molecular flexibility index (Phi) is 2.68. The number of carbonyl (C=O) groups excluding carboxylic acids is 1. The SMILES string of the molecule is CCN1C(=O)c2ccccc2/C1=N/c1nccs1. The zero-order chi connectivity index (χ0) is 12.5. The maximum absolute atomic E-state index is 12.2. The molecule has 2 heterocycles. The van der Waals surface area contributed by atoms with E-state index in [1.54, 1.807) is 11.1 Å². The highest BCUT2D eigenvalue weighted by Crippen LogP contribution is 2.26. The quantitative estimate of drug-likeness (QED) is 0.830. The standard InChI is InChI=1S/C13H11N3OS/c1-2-16-11(15-13-14-7-8-18-13)9-5-3-4-6-10(9)12(16)17/h3-8H,2H2,1H3/b15-11-. The Morgan fingerprint density at radius 3 is 2.78 bits per heavy atom. The lowest BCUT2D eigenvalue weighted by Crippen LogP contribution is -2.29. The van der Waals surface area contributed by atoms with Gasteiger partial charge in [0.2, 0.25) is 5.13 Å². The van der Waals surface area contributed by atoms with Gasteiger partial charge in [0.25, 0.3) is 5.91 Å². The monoisotopic (exact) mass is 257 g/mol. The molecule has 0 bridgehead atoms. The molecule has 2 aromatic rings. The van der Waals surface area contributed by atoms with E-state index >= 15 is 0 Å². The van der Waals surface area contributed by atoms with Gasteiger partial charge in [-0.2, -0.15) is 0 Å². The number of nitrogens with zero attached hydrogens (tertiary/aromatic N) is 3. The molecular weight excluding hydrogens is 246 g/mol. The number of fused-ring (bicyclic) bond motifs is 1. The number of rotatable bonds is 2. The van der Waals surface area contributed by atoms with Crippen molar-refractivity contribution in [2.45, 2.75) is 6.92 Å². The first-order chi connectivity index (χ1) is 8.81. The molecule has 4 nitrogen and oxygen atoms in total. The lowest BCUT2D eigenvalue weighted by molar-refractivity contribution is 0.0865. The summed E-state index contributed by atoms with van der Waals surface area (Å²) in [6, 6.07) is 7.56. The van der Waals surface area contributed by atoms with Gasteiger partial charge in [-0.15, -0.1) is 11.3 Å². The van der Waals surface area contributed by atoms with Crippen LogP contribution in [0.3, 0.4) is 0 Å². The van der Waals surface area contributed by atoms with E-state index < -0.39 is 0 Å². The van der Waals surface area contributed by atoms with Gasteiger partial charge in [0.1, 0.15) is 5.84 Å². The van der Waals surface area contributed by atoms with Gasteiger partial charge in [0.15, 0.2) is 0 Å². The molecular formula is C13H11N3OS. The van der Waals surface area contributed by atoms with E-state index in [-0.39, 0.29) is 5.91 Å². The first-order valence-electron chi connectivity index (χ1n) is 5.70. The molecule has 0 atom stereocenters. The predicted molar refractivity (Wildman–Crippen MR) is 71.5 cm³/mol. The van der Waals surface area contributed by atoms with Gasteiger partial charge in [-0.05, 0) is 13.0 Å². The first-order valence-corrected chi connectivity index (χ1v) is 6.58. The number of benzene rings is 1. The zero-order valence-electron chi connectivity index (χ0n) is 9.83. The van der Waals surface area contributed by atoms with Crippen molar-refractivity contribution in [3.8, 4) is 0 Å². The van der Waals surface area contributed by atoms with Crippen molar-refractivity contribution >= 4 is 28.2 Å². The minimum atomic E-state index is 0.0170. The average molecular weight is 257 g/mol. The van der Waals surface area contributed by atoms with E-state index in [4.69, 9.17) is 0 Å². The first kappa shape index (κ1) is 11.1. The summed E-state index contributed by atoms with van der Waals surface area (Å²) in [5.41, 5.74) is 1.61. The number of amides is 1. The van der Waals surface area contributed by atoms with Crippen molar-refractivity contribution in [1.29, 1.82) is 0 Å². The summed E-state index contributed by atoms with van der Waals surface area (Å²) >= 11 is 1.46. The Labute approximate surface area is 109 Å². The summed E-state index contributed by atoms with van der Waals surface area (Å²) in [4.78, 5) is 22.5. The van der Waals surface area contributed by atoms with Crippen LogP contribution < -0.4 is 0 Å². The van der Waals surface area contributed by atoms with Crippen LogP contribution in [-0.4, -0.2) is 28.2 Å². The summed E-state index contributed by atoms with van der Waals surface area (Å²) in [6.45, 7) is 2.55. The molecule has 0 radical (unpaired) electrons. The molecule has 90 valence electrons. The van der Waals surface area contributed by atoms with Gasteiger partial charge in [-0.25, -0.2) is 9.98 Å². The molecule has 0 fully saturated rings. The van der Waals surface area contributed by atoms with E-state index in [9.17, 15) is 4.79 Å². The van der Waals surface area contributed by atoms with Gasteiger partial charge >= 0.3 is 0 Å². The average Bonchev–Trinajstić information content (AvgIpc) is 2.99. The largest absolute Gasteiger partial charge is 0.292 e. The summed E-state index contributed by atoms with van der Waals surface area (Å²) < 4.78 is 0. The molecule has 1 amide bonds. The smallest absolute Gasteiger partial charge is 0.260 e. The molecule has 0 spiro atoms. The van der Waals surface area contributed by atoms with Crippen LogP contribution in [0.2, 0.25) is 0 Å². The topological polar surface area (TPSA) is 45.6 Å². The molecule has 5 heteroatoms. The number of hydrogen-bond donors (Lipinski definition) is 0. The van der Waals surface area contributed by atoms with Gasteiger partial charge in [-0.1, -0.05) is 18.2 Å². The highest BCUT2D eigenvalue weighted by molar-refractivity contribution is 7.13. The Hall–Kier alpha value is -2.01. The third kappa shape index (κ3) is 1.64. The van der Waals surface area contributed by atoms with Gasteiger partial charge in [-0.3, -0.25) is 9.69 Å². The molecule has 0 N–H and O–H groups in total. The van der Waals surface area contributed by atoms with Gasteiger partial charge in [0.05, 0.1) is 5.56 Å². The maximum Gasteiger partial charge on any atom is 0.260 e. The molecule has 0 saturated carbocycles. The van der Waals surface area contributed by atoms with Crippen LogP contribution in [-0.2, 0) is 0 Å². The Morgan fingerprint density at radius 2 is 2.11 bits per heavy atom. The fourth-order valence-electron chi connectivity index (χ4n) is 2.03. The van der Waals surface area contributed by atoms with Crippen molar-refractivity contribution in [2.75, 3.05) is 6.54 Å². The zero-order valence-corrected chi connectivity index (χ0v) is 10.6. The van der Waals surface area contributed by atoms with Crippen molar-refractivity contribution in [2.24, 2.45) is 4.99 Å². The molecule has 18 heavy (non-hydrogen) atoms. The summed E-state index contributed by atoms with van der Waals surface area (Å²) in [6.07, 6.45) is 1.71. The molecule has 0 unspecified atom stereocenters. The van der Waals surface area contributed by atoms with Crippen LogP contribution in [0.15, 0.2) is 40.8 Å². The van der Waals surface area contributed by atoms with Crippen molar-refractivity contribution < 1.29 is 4.79 Å². The van der Waals surface area contributed by atoms with E-state index in [2.05, 4.69) is 9.98 Å². The van der Waals surface area contributed by atoms with E-state index in [1.807, 2.05) is 36.6 Å². The molecule has 1 aliphatic rings. The summed E-state index contributed by atoms with van der Waals surface area (Å²) in [7, 11) is 0. The Balaban J connectivity index is 2.15. The van der Waals surface area contributed by atoms with Crippen LogP contribution >= 0.6 is 11.3 Å². The number of hydrogen-bond acceptors (Lipinski definition) is 4. The minimum Gasteiger partial charge on any atom is -0.292 e. The number of aliphatic imine (C=N–C) groups is 1. The lowest BCUT2D eigenvalue weighted by Gasteiger charge is -2.13. The highest BCUT2D eigenvalue weighted by atomic mass is 32.1. The van der Waals surface area contributed by atoms with Gasteiger partial charge < -0.3 is 0 Å². The molecule has 1 aliphatic heterocycles. The number of thiazole rings is 1. The second kappa shape index (κ2) is 4.34. The fourth-order valence-corrected chi connectivity index (χ4v) is 2.53. The molecule has 0 saturated heterocycles. The molecule has 0 aliphatic carbocycles. The van der Waals surface area contributed by atoms with E-state index in [0.29, 0.717) is 17.5 Å². The van der Waals surface area contributed by atoms with Crippen LogP contribution in [0, 0.1) is 0 Å². The lowest BCUT2D eigenvalue weighted by atomic mass is 10.1. The van der Waals surface area contributed by atoms with Crippen LogP contribution in [0.1, 0.15) is 22.8 Å². The van der Waals surface area contributed by atoms with Crippen molar-refractivity contribution in [3.05, 3.63) is 47.0 Å². The van der Waals surface area contributed by atoms with Gasteiger partial charge in [0, 0.05) is 23.7 Å². The molecule has 1 aromatic heterocycles. The second-order valence-electron chi connectivity index (χ2n) is 3.85. The predicted octanol–water partition coefficient (Wildman–Crippen LogP) is 2.70. The number of carbonyl (C=O) groups is 1. The normalized spacial score (nSPS) is 16.4. The van der Waals surface area contributed by atoms with Crippen LogP contribution in [0.25, 0.3) is 0 Å². The van der Waals surface area contributed by atoms with Crippen molar-refractivity contribution in [3.63, 3.8) is 0 Å². The number of amidine groups is 1. The molecule has 1 aromatic carbocycles. The number of aromatic nitrogens is 1. The van der Waals surface area contributed by atoms with Crippen LogP contribution in [0.4, 0.5) is 5.13 Å². The second-order valence-corrected chi connectivity index (χ2v) is 4.72. The summed E-state index contributed by atoms with van der Waals surface area (Å²) in [5.74, 6) is 0.719. The highest BCUT2D eigenvalue weighted by Gasteiger charge is 2.32. The minimum absolute atomic E-state index is 0.0170. The van der Waals surface area contributed by atoms with Crippen LogP contribution in [0.5, 0.6) is 0 Å². The van der Waals surface area contributed by atoms with E-state index in [1.165, 1.54) is 11.3 Å². The maximum atomic E-state index is 12.2. The summed E-state index contributed by atoms with van der Waals surface area (Å²) in [5, 5.41) is 2.55. The van der Waals surface area contributed by atoms with Crippen molar-refractivity contribution in [1.82, 2.24) is 9.88 Å². The fraction of sp³-hybridized carbons (Fsp3) is 0.154. The Bertz CT molecular complexity index is 619. The Morgan fingerprint density at radius 1 is 1.33 bits per heavy atom. The van der Waals surface area contributed by atoms with E-state index in [0.717, 1.165) is 11.1 Å². The third-order valence-corrected chi connectivity index (χ3v) is 3.50. The third-order valence-electron chi connectivity index (χ3n) is 2.84. The molecule has 3 rings (SSSR count).